The van der Waals surface area contributed by atoms with Gasteiger partial charge in [-0.3, -0.25) is 0 Å². The number of pyridine rings is 1. The van der Waals surface area contributed by atoms with Crippen molar-refractivity contribution in [2.24, 2.45) is 0 Å². The van der Waals surface area contributed by atoms with E-state index in [0.717, 1.165) is 66.0 Å². The number of quaternary nitrogens is 1. The third kappa shape index (κ3) is 4.86. The predicted molar refractivity (Wildman–Crippen MR) is 117 cm³/mol. The second-order valence-electron chi connectivity index (χ2n) is 7.04. The summed E-state index contributed by atoms with van der Waals surface area (Å²) in [5.74, 6) is 0.934. The molecule has 1 aromatic heterocycles. The molecule has 29 heavy (non-hydrogen) atoms. The largest absolute Gasteiger partial charge is 0.370 e. The Morgan fingerprint density at radius 3 is 2.28 bits per heavy atom. The molecule has 0 atom stereocenters. The van der Waals surface area contributed by atoms with Gasteiger partial charge in [0.2, 0.25) is 0 Å². The monoisotopic (exact) mass is 402 g/mol. The van der Waals surface area contributed by atoms with E-state index in [-0.39, 0.29) is 0 Å². The molecule has 4 rings (SSSR count). The lowest BCUT2D eigenvalue weighted by Gasteiger charge is -2.23. The highest BCUT2D eigenvalue weighted by Gasteiger charge is 2.18. The van der Waals surface area contributed by atoms with Crippen LogP contribution in [0.3, 0.4) is 0 Å². The molecule has 1 fully saturated rings. The molecule has 0 amide bonds. The van der Waals surface area contributed by atoms with Crippen molar-refractivity contribution in [3.8, 4) is 28.5 Å². The quantitative estimate of drug-likeness (QED) is 0.643. The van der Waals surface area contributed by atoms with Crippen LogP contribution in [0.15, 0.2) is 71.8 Å². The van der Waals surface area contributed by atoms with Gasteiger partial charge in [-0.25, -0.2) is 4.98 Å². The van der Waals surface area contributed by atoms with Crippen molar-refractivity contribution < 1.29 is 9.64 Å². The van der Waals surface area contributed by atoms with Crippen LogP contribution in [0.5, 0.6) is 0 Å². The molecule has 0 bridgehead atoms. The summed E-state index contributed by atoms with van der Waals surface area (Å²) in [4.78, 5) is 6.45. The Labute approximate surface area is 176 Å². The Morgan fingerprint density at radius 2 is 1.62 bits per heavy atom. The molecule has 5 heteroatoms. The fraction of sp³-hybridized carbons (Fsp3) is 0.250. The average Bonchev–Trinajstić information content (AvgIpc) is 2.80. The Hall–Kier alpha value is -2.65. The van der Waals surface area contributed by atoms with Gasteiger partial charge in [0.25, 0.3) is 0 Å². The van der Waals surface area contributed by atoms with E-state index in [1.54, 1.807) is 16.7 Å². The minimum absolute atomic E-state index is 0.665. The third-order valence-electron chi connectivity index (χ3n) is 5.15. The lowest BCUT2D eigenvalue weighted by Crippen LogP contribution is -3.14. The molecular formula is C24H24N3OS+. The number of ether oxygens (including phenoxy) is 1. The van der Waals surface area contributed by atoms with Crippen molar-refractivity contribution in [3.05, 3.63) is 72.3 Å². The van der Waals surface area contributed by atoms with Crippen LogP contribution >= 0.6 is 11.8 Å². The molecule has 146 valence electrons. The van der Waals surface area contributed by atoms with Crippen LogP contribution < -0.4 is 4.90 Å². The first-order valence-electron chi connectivity index (χ1n) is 9.95. The van der Waals surface area contributed by atoms with E-state index < -0.39 is 0 Å². The molecular weight excluding hydrogens is 378 g/mol. The second-order valence-corrected chi connectivity index (χ2v) is 8.12. The van der Waals surface area contributed by atoms with Gasteiger partial charge in [-0.2, -0.15) is 5.26 Å². The second kappa shape index (κ2) is 9.71. The average molecular weight is 403 g/mol. The molecule has 2 heterocycles. The van der Waals surface area contributed by atoms with Crippen molar-refractivity contribution in [1.82, 2.24) is 4.98 Å². The predicted octanol–water partition coefficient (Wildman–Crippen LogP) is 3.29. The Balaban J connectivity index is 1.67. The lowest BCUT2D eigenvalue weighted by molar-refractivity contribution is -0.905. The molecule has 0 saturated carbocycles. The highest BCUT2D eigenvalue weighted by atomic mass is 32.2. The number of thioether (sulfide) groups is 1. The van der Waals surface area contributed by atoms with E-state index in [1.807, 2.05) is 42.5 Å². The highest BCUT2D eigenvalue weighted by Crippen LogP contribution is 2.33. The zero-order valence-corrected chi connectivity index (χ0v) is 17.1. The van der Waals surface area contributed by atoms with Gasteiger partial charge in [-0.15, -0.1) is 0 Å². The maximum absolute atomic E-state index is 9.95. The number of aromatic nitrogens is 1. The topological polar surface area (TPSA) is 50.3 Å². The van der Waals surface area contributed by atoms with Gasteiger partial charge in [0, 0.05) is 16.9 Å². The zero-order chi connectivity index (χ0) is 19.9. The number of morpholine rings is 1. The molecule has 4 nitrogen and oxygen atoms in total. The third-order valence-corrected chi connectivity index (χ3v) is 6.12. The molecule has 3 aromatic rings. The van der Waals surface area contributed by atoms with Gasteiger partial charge in [0.15, 0.2) is 0 Å². The van der Waals surface area contributed by atoms with Gasteiger partial charge >= 0.3 is 0 Å². The van der Waals surface area contributed by atoms with Crippen LogP contribution in [0.2, 0.25) is 0 Å². The molecule has 0 unspecified atom stereocenters. The Kier molecular flexibility index (Phi) is 6.58. The van der Waals surface area contributed by atoms with Crippen LogP contribution in [0, 0.1) is 11.3 Å². The Morgan fingerprint density at radius 1 is 0.966 bits per heavy atom. The van der Waals surface area contributed by atoms with Gasteiger partial charge in [-0.1, -0.05) is 72.4 Å². The number of nitrogens with one attached hydrogen (secondary N) is 1. The summed E-state index contributed by atoms with van der Waals surface area (Å²) in [6, 6.07) is 24.8. The first kappa shape index (κ1) is 19.7. The van der Waals surface area contributed by atoms with Crippen LogP contribution in [0.25, 0.3) is 22.4 Å². The van der Waals surface area contributed by atoms with E-state index in [9.17, 15) is 5.26 Å². The number of hydrogen-bond acceptors (Lipinski definition) is 4. The van der Waals surface area contributed by atoms with Crippen LogP contribution in [0.1, 0.15) is 5.56 Å². The van der Waals surface area contributed by atoms with Gasteiger partial charge in [-0.05, 0) is 11.6 Å². The minimum Gasteiger partial charge on any atom is -0.370 e. The molecule has 0 radical (unpaired) electrons. The first-order chi connectivity index (χ1) is 14.3. The van der Waals surface area contributed by atoms with Gasteiger partial charge < -0.3 is 9.64 Å². The standard InChI is InChI=1S/C24H23N3OS/c25-18-22-21(19-7-3-1-4-8-19)17-23(20-9-5-2-6-10-20)26-24(22)29-16-13-27-11-14-28-15-12-27/h1-10,17H,11-16H2/p+1. The Bertz CT molecular complexity index is 980. The number of hydrogen-bond donors (Lipinski definition) is 1. The SMILES string of the molecule is N#Cc1c(-c2ccccc2)cc(-c2ccccc2)nc1SCC[NH+]1CCOCC1. The van der Waals surface area contributed by atoms with Crippen LogP contribution in [0.4, 0.5) is 0 Å². The summed E-state index contributed by atoms with van der Waals surface area (Å²) >= 11 is 1.69. The van der Waals surface area contributed by atoms with E-state index in [4.69, 9.17) is 9.72 Å². The maximum atomic E-state index is 9.95. The summed E-state index contributed by atoms with van der Waals surface area (Å²) in [6.45, 7) is 4.83. The number of rotatable bonds is 6. The fourth-order valence-electron chi connectivity index (χ4n) is 3.54. The summed E-state index contributed by atoms with van der Waals surface area (Å²) in [5.41, 5.74) is 4.63. The lowest BCUT2D eigenvalue weighted by atomic mass is 9.99. The molecule has 0 aliphatic carbocycles. The molecule has 2 aromatic carbocycles. The van der Waals surface area contributed by atoms with Gasteiger partial charge in [0.1, 0.15) is 24.2 Å². The molecule has 1 N–H and O–H groups in total. The molecule has 0 spiro atoms. The molecule has 1 aliphatic rings. The zero-order valence-electron chi connectivity index (χ0n) is 16.3. The van der Waals surface area contributed by atoms with Crippen molar-refractivity contribution in [3.63, 3.8) is 0 Å². The normalized spacial score (nSPS) is 14.4. The van der Waals surface area contributed by atoms with E-state index in [0.29, 0.717) is 5.56 Å². The minimum atomic E-state index is 0.665. The van der Waals surface area contributed by atoms with Crippen molar-refractivity contribution in [1.29, 1.82) is 5.26 Å². The number of nitriles is 1. The summed E-state index contributed by atoms with van der Waals surface area (Å²) in [6.07, 6.45) is 0. The first-order valence-corrected chi connectivity index (χ1v) is 10.9. The number of benzene rings is 2. The van der Waals surface area contributed by atoms with Crippen molar-refractivity contribution in [2.45, 2.75) is 5.03 Å². The van der Waals surface area contributed by atoms with Crippen LogP contribution in [-0.4, -0.2) is 43.6 Å². The van der Waals surface area contributed by atoms with E-state index in [1.165, 1.54) is 0 Å². The highest BCUT2D eigenvalue weighted by molar-refractivity contribution is 7.99. The number of nitrogens with zero attached hydrogens (tertiary/aromatic N) is 2. The molecule has 1 saturated heterocycles. The van der Waals surface area contributed by atoms with E-state index in [2.05, 4.69) is 30.3 Å². The summed E-state index contributed by atoms with van der Waals surface area (Å²) < 4.78 is 5.45. The summed E-state index contributed by atoms with van der Waals surface area (Å²) in [7, 11) is 0. The smallest absolute Gasteiger partial charge is 0.115 e. The summed E-state index contributed by atoms with van der Waals surface area (Å²) in [5, 5.41) is 10.8. The maximum Gasteiger partial charge on any atom is 0.115 e. The van der Waals surface area contributed by atoms with Crippen LogP contribution in [-0.2, 0) is 4.74 Å². The fourth-order valence-corrected chi connectivity index (χ4v) is 4.59. The van der Waals surface area contributed by atoms with Gasteiger partial charge in [0.05, 0.1) is 31.0 Å². The van der Waals surface area contributed by atoms with Crippen molar-refractivity contribution in [2.75, 3.05) is 38.6 Å². The molecule has 1 aliphatic heterocycles. The van der Waals surface area contributed by atoms with E-state index >= 15 is 0 Å². The van der Waals surface area contributed by atoms with Crippen molar-refractivity contribution >= 4 is 11.8 Å².